The molecule has 0 saturated carbocycles. The summed E-state index contributed by atoms with van der Waals surface area (Å²) in [5, 5.41) is 0. The van der Waals surface area contributed by atoms with E-state index >= 15 is 0 Å². The fraction of sp³-hybridized carbons (Fsp3) is 0.294. The molecule has 2 aromatic rings. The Morgan fingerprint density at radius 1 is 1.14 bits per heavy atom. The lowest BCUT2D eigenvalue weighted by Crippen LogP contribution is -2.33. The van der Waals surface area contributed by atoms with Crippen LogP contribution in [0.1, 0.15) is 30.9 Å². The van der Waals surface area contributed by atoms with Crippen LogP contribution in [-0.4, -0.2) is 6.04 Å². The fourth-order valence-corrected chi connectivity index (χ4v) is 3.02. The van der Waals surface area contributed by atoms with Crippen LogP contribution in [0, 0.1) is 0 Å². The zero-order valence-corrected chi connectivity index (χ0v) is 11.9. The van der Waals surface area contributed by atoms with Crippen LogP contribution in [0.15, 0.2) is 42.5 Å². The molecule has 0 saturated heterocycles. The van der Waals surface area contributed by atoms with Gasteiger partial charge in [0.1, 0.15) is 0 Å². The topological polar surface area (TPSA) is 29.3 Å². The van der Waals surface area contributed by atoms with E-state index in [1.807, 2.05) is 23.1 Å². The van der Waals surface area contributed by atoms with Crippen molar-refractivity contribution < 1.29 is 8.78 Å². The van der Waals surface area contributed by atoms with Crippen molar-refractivity contribution in [1.82, 2.24) is 0 Å². The molecule has 0 spiro atoms. The number of para-hydroxylation sites is 1. The molecule has 0 fully saturated rings. The maximum Gasteiger partial charge on any atom is 0.265 e. The summed E-state index contributed by atoms with van der Waals surface area (Å²) in [6, 6.07) is 12.9. The summed E-state index contributed by atoms with van der Waals surface area (Å²) in [5.74, 6) is 0. The monoisotopic (exact) mass is 288 g/mol. The van der Waals surface area contributed by atoms with Crippen molar-refractivity contribution in [2.24, 2.45) is 0 Å². The van der Waals surface area contributed by atoms with Crippen LogP contribution in [0.5, 0.6) is 0 Å². The molecule has 4 heteroatoms. The van der Waals surface area contributed by atoms with Crippen molar-refractivity contribution in [2.75, 3.05) is 10.6 Å². The molecule has 0 aromatic heterocycles. The molecule has 1 aliphatic heterocycles. The summed E-state index contributed by atoms with van der Waals surface area (Å²) in [5.41, 5.74) is 8.81. The highest BCUT2D eigenvalue weighted by atomic mass is 19.3. The molecular weight excluding hydrogens is 270 g/mol. The first kappa shape index (κ1) is 13.9. The molecule has 2 nitrogen and oxygen atoms in total. The second kappa shape index (κ2) is 5.35. The Balaban J connectivity index is 2.16. The summed E-state index contributed by atoms with van der Waals surface area (Å²) in [6.07, 6.45) is -0.610. The van der Waals surface area contributed by atoms with Gasteiger partial charge >= 0.3 is 0 Å². The van der Waals surface area contributed by atoms with E-state index in [2.05, 4.69) is 13.0 Å². The van der Waals surface area contributed by atoms with Gasteiger partial charge in [0.25, 0.3) is 6.43 Å². The first-order valence-corrected chi connectivity index (χ1v) is 7.12. The maximum atomic E-state index is 13.4. The lowest BCUT2D eigenvalue weighted by atomic mass is 9.95. The number of nitrogens with two attached hydrogens (primary N) is 1. The van der Waals surface area contributed by atoms with Gasteiger partial charge in [-0.05, 0) is 49.6 Å². The Morgan fingerprint density at radius 3 is 2.67 bits per heavy atom. The van der Waals surface area contributed by atoms with Crippen LogP contribution < -0.4 is 10.6 Å². The molecule has 2 N–H and O–H groups in total. The van der Waals surface area contributed by atoms with Gasteiger partial charge < -0.3 is 10.6 Å². The van der Waals surface area contributed by atoms with Crippen LogP contribution >= 0.6 is 0 Å². The molecule has 2 aromatic carbocycles. The average Bonchev–Trinajstić information content (AvgIpc) is 2.47. The standard InChI is InChI=1S/C17H18F2N2/c1-11-6-7-12-4-2-3-5-15(12)21(11)16-9-8-13(20)10-14(16)17(18)19/h2-5,8-11,17H,6-7,20H2,1H3. The number of anilines is 3. The predicted molar refractivity (Wildman–Crippen MR) is 82.2 cm³/mol. The number of fused-ring (bicyclic) bond motifs is 1. The second-order valence-electron chi connectivity index (χ2n) is 5.51. The molecule has 21 heavy (non-hydrogen) atoms. The fourth-order valence-electron chi connectivity index (χ4n) is 3.02. The molecule has 0 bridgehead atoms. The Hall–Kier alpha value is -2.10. The lowest BCUT2D eigenvalue weighted by Gasteiger charge is -2.38. The maximum absolute atomic E-state index is 13.4. The zero-order chi connectivity index (χ0) is 15.0. The van der Waals surface area contributed by atoms with Gasteiger partial charge in [-0.3, -0.25) is 0 Å². The summed E-state index contributed by atoms with van der Waals surface area (Å²) >= 11 is 0. The van der Waals surface area contributed by atoms with Gasteiger partial charge in [0.15, 0.2) is 0 Å². The number of alkyl halides is 2. The van der Waals surface area contributed by atoms with Gasteiger partial charge in [0.2, 0.25) is 0 Å². The van der Waals surface area contributed by atoms with Gasteiger partial charge in [0.05, 0.1) is 5.69 Å². The molecule has 1 atom stereocenters. The first-order chi connectivity index (χ1) is 10.1. The number of nitrogens with zero attached hydrogens (tertiary/aromatic N) is 1. The third-order valence-corrected chi connectivity index (χ3v) is 4.07. The van der Waals surface area contributed by atoms with E-state index in [9.17, 15) is 8.78 Å². The van der Waals surface area contributed by atoms with Gasteiger partial charge in [-0.2, -0.15) is 0 Å². The molecule has 110 valence electrons. The van der Waals surface area contributed by atoms with Gasteiger partial charge in [-0.15, -0.1) is 0 Å². The van der Waals surface area contributed by atoms with E-state index < -0.39 is 6.43 Å². The normalized spacial score (nSPS) is 17.9. The highest BCUT2D eigenvalue weighted by Gasteiger charge is 2.27. The van der Waals surface area contributed by atoms with Crippen molar-refractivity contribution in [3.8, 4) is 0 Å². The van der Waals surface area contributed by atoms with Crippen molar-refractivity contribution in [3.05, 3.63) is 53.6 Å². The van der Waals surface area contributed by atoms with Crippen molar-refractivity contribution in [1.29, 1.82) is 0 Å². The average molecular weight is 288 g/mol. The smallest absolute Gasteiger partial charge is 0.265 e. The molecule has 0 amide bonds. The van der Waals surface area contributed by atoms with Crippen LogP contribution in [0.25, 0.3) is 0 Å². The Kier molecular flexibility index (Phi) is 3.53. The van der Waals surface area contributed by atoms with Gasteiger partial charge in [-0.25, -0.2) is 8.78 Å². The highest BCUT2D eigenvalue weighted by molar-refractivity contribution is 5.73. The first-order valence-electron chi connectivity index (χ1n) is 7.12. The van der Waals surface area contributed by atoms with Crippen molar-refractivity contribution in [3.63, 3.8) is 0 Å². The van der Waals surface area contributed by atoms with E-state index in [0.717, 1.165) is 18.5 Å². The Morgan fingerprint density at radius 2 is 1.90 bits per heavy atom. The van der Waals surface area contributed by atoms with Crippen LogP contribution in [0.4, 0.5) is 25.8 Å². The second-order valence-corrected chi connectivity index (χ2v) is 5.51. The number of halogens is 2. The minimum atomic E-state index is -2.54. The number of nitrogen functional groups attached to an aromatic ring is 1. The quantitative estimate of drug-likeness (QED) is 0.813. The summed E-state index contributed by atoms with van der Waals surface area (Å²) in [7, 11) is 0. The molecule has 1 unspecified atom stereocenters. The Bertz CT molecular complexity index is 655. The van der Waals surface area contributed by atoms with Crippen LogP contribution in [0.2, 0.25) is 0 Å². The van der Waals surface area contributed by atoms with E-state index in [1.165, 1.54) is 11.6 Å². The van der Waals surface area contributed by atoms with Gasteiger partial charge in [0, 0.05) is 23.0 Å². The zero-order valence-electron chi connectivity index (χ0n) is 11.9. The highest BCUT2D eigenvalue weighted by Crippen LogP contribution is 2.41. The summed E-state index contributed by atoms with van der Waals surface area (Å²) < 4.78 is 26.8. The lowest BCUT2D eigenvalue weighted by molar-refractivity contribution is 0.152. The molecule has 1 heterocycles. The minimum Gasteiger partial charge on any atom is -0.399 e. The molecule has 0 radical (unpaired) electrons. The van der Waals surface area contributed by atoms with Crippen LogP contribution in [-0.2, 0) is 6.42 Å². The number of aryl methyl sites for hydroxylation is 1. The SMILES string of the molecule is CC1CCc2ccccc2N1c1ccc(N)cc1C(F)F. The van der Waals surface area contributed by atoms with E-state index in [0.29, 0.717) is 11.4 Å². The minimum absolute atomic E-state index is 0.00134. The third-order valence-electron chi connectivity index (χ3n) is 4.07. The number of benzene rings is 2. The summed E-state index contributed by atoms with van der Waals surface area (Å²) in [6.45, 7) is 2.07. The molecule has 0 aliphatic carbocycles. The third kappa shape index (κ3) is 2.46. The van der Waals surface area contributed by atoms with Crippen molar-refractivity contribution in [2.45, 2.75) is 32.2 Å². The van der Waals surface area contributed by atoms with E-state index in [1.54, 1.807) is 12.1 Å². The van der Waals surface area contributed by atoms with E-state index in [-0.39, 0.29) is 11.6 Å². The van der Waals surface area contributed by atoms with E-state index in [4.69, 9.17) is 5.73 Å². The number of hydrogen-bond donors (Lipinski definition) is 1. The number of hydrogen-bond acceptors (Lipinski definition) is 2. The molecular formula is C17H18F2N2. The van der Waals surface area contributed by atoms with Crippen molar-refractivity contribution >= 4 is 17.1 Å². The number of rotatable bonds is 2. The predicted octanol–water partition coefficient (Wildman–Crippen LogP) is 4.68. The Labute approximate surface area is 123 Å². The molecule has 1 aliphatic rings. The summed E-state index contributed by atoms with van der Waals surface area (Å²) in [4.78, 5) is 2.01. The molecule has 3 rings (SSSR count). The van der Waals surface area contributed by atoms with Crippen LogP contribution in [0.3, 0.4) is 0 Å². The largest absolute Gasteiger partial charge is 0.399 e. The van der Waals surface area contributed by atoms with Gasteiger partial charge in [-0.1, -0.05) is 18.2 Å².